The van der Waals surface area contributed by atoms with Gasteiger partial charge in [0.2, 0.25) is 23.6 Å². The van der Waals surface area contributed by atoms with Crippen molar-refractivity contribution in [3.8, 4) is 44.5 Å². The van der Waals surface area contributed by atoms with Gasteiger partial charge in [-0.1, -0.05) is 72.8 Å². The van der Waals surface area contributed by atoms with Crippen LogP contribution in [0.3, 0.4) is 0 Å². The normalized spacial score (nSPS) is 19.8. The highest BCUT2D eigenvalue weighted by molar-refractivity contribution is 6.12. The number of para-hydroxylation sites is 4. The zero-order valence-corrected chi connectivity index (χ0v) is 54.2. The maximum absolute atomic E-state index is 15.1. The van der Waals surface area contributed by atoms with E-state index in [1.54, 1.807) is 68.1 Å². The number of aromatic amines is 2. The number of rotatable bonds is 0. The number of carbonyl (C=O) groups is 8. The molecule has 0 spiro atoms. The van der Waals surface area contributed by atoms with E-state index >= 15 is 19.2 Å². The van der Waals surface area contributed by atoms with Gasteiger partial charge in [0, 0.05) is 138 Å². The fourth-order valence-electron chi connectivity index (χ4n) is 15.7. The summed E-state index contributed by atoms with van der Waals surface area (Å²) < 4.78 is 0. The summed E-state index contributed by atoms with van der Waals surface area (Å²) >= 11 is 0. The Morgan fingerprint density at radius 2 is 0.500 bits per heavy atom. The summed E-state index contributed by atoms with van der Waals surface area (Å²) in [5, 5.41) is 13.0. The van der Waals surface area contributed by atoms with Crippen molar-refractivity contribution < 1.29 is 38.4 Å². The van der Waals surface area contributed by atoms with Crippen LogP contribution >= 0.6 is 0 Å². The van der Waals surface area contributed by atoms with E-state index in [0.29, 0.717) is 212 Å². The van der Waals surface area contributed by atoms with Crippen LogP contribution in [0.15, 0.2) is 170 Å². The van der Waals surface area contributed by atoms with E-state index in [1.165, 1.54) is 0 Å². The molecule has 4 fully saturated rings. The Labute approximate surface area is 573 Å². The minimum atomic E-state index is -0.861. The maximum atomic E-state index is 15.1. The number of benzene rings is 6. The summed E-state index contributed by atoms with van der Waals surface area (Å²) in [6, 6.07) is 47.0. The second kappa shape index (κ2) is 25.0. The van der Waals surface area contributed by atoms with Crippen LogP contribution in [0.25, 0.3) is 90.9 Å². The van der Waals surface area contributed by atoms with Gasteiger partial charge < -0.3 is 50.8 Å². The summed E-state index contributed by atoms with van der Waals surface area (Å²) in [5.74, 6) is -3.06. The Bertz CT molecular complexity index is 4610. The predicted octanol–water partition coefficient (Wildman–Crippen LogP) is 12.9. The number of amides is 8. The third kappa shape index (κ3) is 10.7. The smallest absolute Gasteiger partial charge is 0.254 e. The van der Waals surface area contributed by atoms with Crippen molar-refractivity contribution >= 4 is 116 Å². The molecule has 8 amide bonds. The highest BCUT2D eigenvalue weighted by Gasteiger charge is 2.40. The highest BCUT2D eigenvalue weighted by Crippen LogP contribution is 2.44. The van der Waals surface area contributed by atoms with Crippen molar-refractivity contribution in [2.75, 3.05) is 47.4 Å². The molecule has 9 aromatic rings. The molecule has 23 rings (SSSR count). The van der Waals surface area contributed by atoms with Crippen LogP contribution in [0.1, 0.15) is 116 Å². The summed E-state index contributed by atoms with van der Waals surface area (Å²) in [6.07, 6.45) is 11.5. The molecule has 20 heteroatoms. The second-order valence-corrected chi connectivity index (χ2v) is 26.4. The average Bonchev–Trinajstić information content (AvgIpc) is 1.58. The molecule has 14 aliphatic heterocycles. The quantitative estimate of drug-likeness (QED) is 0.0837. The van der Waals surface area contributed by atoms with Crippen LogP contribution in [0.4, 0.5) is 22.7 Å². The number of nitrogens with one attached hydrogen (secondary N) is 6. The minimum absolute atomic E-state index is 0.306. The molecule has 494 valence electrons. The zero-order valence-electron chi connectivity index (χ0n) is 54.2. The van der Waals surface area contributed by atoms with E-state index in [4.69, 9.17) is 9.97 Å². The molecular formula is C80H66N12O8. The molecule has 16 bridgehead atoms. The first-order valence-electron chi connectivity index (χ1n) is 34.1. The number of hydrogen-bond donors (Lipinski definition) is 6. The molecule has 4 unspecified atom stereocenters. The molecule has 14 aliphatic rings. The Hall–Kier alpha value is -12.3. The van der Waals surface area contributed by atoms with Crippen molar-refractivity contribution in [3.63, 3.8) is 0 Å². The van der Waals surface area contributed by atoms with Crippen molar-refractivity contribution in [2.45, 2.75) is 75.5 Å². The lowest BCUT2D eigenvalue weighted by Crippen LogP contribution is -2.43. The molecule has 3 aromatic heterocycles. The molecule has 0 aliphatic carbocycles. The van der Waals surface area contributed by atoms with E-state index in [9.17, 15) is 19.2 Å². The van der Waals surface area contributed by atoms with Crippen LogP contribution < -0.4 is 21.3 Å². The topological polar surface area (TPSA) is 255 Å². The van der Waals surface area contributed by atoms with E-state index < -0.39 is 47.8 Å². The van der Waals surface area contributed by atoms with Crippen molar-refractivity contribution in [1.29, 1.82) is 0 Å². The summed E-state index contributed by atoms with van der Waals surface area (Å²) in [7, 11) is 0. The van der Waals surface area contributed by atoms with Gasteiger partial charge in [0.1, 0.15) is 24.2 Å². The molecule has 20 nitrogen and oxygen atoms in total. The van der Waals surface area contributed by atoms with E-state index in [-0.39, 0.29) is 23.6 Å². The molecule has 4 atom stereocenters. The monoisotopic (exact) mass is 1320 g/mol. The van der Waals surface area contributed by atoms with Crippen LogP contribution in [0, 0.1) is 0 Å². The van der Waals surface area contributed by atoms with Crippen LogP contribution in [0.2, 0.25) is 0 Å². The summed E-state index contributed by atoms with van der Waals surface area (Å²) in [5.41, 5.74) is 11.9. The van der Waals surface area contributed by atoms with Crippen molar-refractivity contribution in [3.05, 3.63) is 215 Å². The van der Waals surface area contributed by atoms with E-state index in [1.807, 2.05) is 146 Å². The number of anilines is 4. The van der Waals surface area contributed by atoms with Crippen molar-refractivity contribution in [1.82, 2.24) is 39.5 Å². The van der Waals surface area contributed by atoms with Crippen LogP contribution in [-0.2, 0) is 19.2 Å². The van der Waals surface area contributed by atoms with Crippen LogP contribution in [0.5, 0.6) is 0 Å². The van der Waals surface area contributed by atoms with Crippen LogP contribution in [-0.4, -0.2) is 137 Å². The molecule has 0 saturated carbocycles. The summed E-state index contributed by atoms with van der Waals surface area (Å²) in [4.78, 5) is 144. The number of carbonyl (C=O) groups excluding carboxylic acids is 8. The third-order valence-corrected chi connectivity index (χ3v) is 20.6. The Kier molecular flexibility index (Phi) is 15.3. The summed E-state index contributed by atoms with van der Waals surface area (Å²) in [6.45, 7) is 1.28. The molecule has 4 saturated heterocycles. The lowest BCUT2D eigenvalue weighted by atomic mass is 10.0. The molecule has 100 heavy (non-hydrogen) atoms. The number of aromatic nitrogens is 4. The largest absolute Gasteiger partial charge is 0.354 e. The van der Waals surface area contributed by atoms with Gasteiger partial charge in [0.25, 0.3) is 23.6 Å². The second-order valence-electron chi connectivity index (χ2n) is 26.4. The van der Waals surface area contributed by atoms with E-state index in [2.05, 4.69) is 31.2 Å². The van der Waals surface area contributed by atoms with Gasteiger partial charge in [-0.15, -0.1) is 0 Å². The van der Waals surface area contributed by atoms with Gasteiger partial charge >= 0.3 is 0 Å². The first-order chi connectivity index (χ1) is 48.9. The maximum Gasteiger partial charge on any atom is 0.254 e. The zero-order chi connectivity index (χ0) is 67.9. The lowest BCUT2D eigenvalue weighted by Gasteiger charge is -2.26. The molecule has 6 aromatic carbocycles. The lowest BCUT2D eigenvalue weighted by molar-refractivity contribution is -0.120. The minimum Gasteiger partial charge on any atom is -0.354 e. The predicted molar refractivity (Wildman–Crippen MR) is 384 cm³/mol. The highest BCUT2D eigenvalue weighted by atomic mass is 16.2. The van der Waals surface area contributed by atoms with Gasteiger partial charge in [0.15, 0.2) is 0 Å². The number of hydrogen-bond acceptors (Lipinski definition) is 10. The Balaban J connectivity index is 0.960. The van der Waals surface area contributed by atoms with Crippen molar-refractivity contribution in [2.24, 2.45) is 0 Å². The van der Waals surface area contributed by atoms with Gasteiger partial charge in [-0.2, -0.15) is 0 Å². The Morgan fingerprint density at radius 1 is 0.280 bits per heavy atom. The van der Waals surface area contributed by atoms with Gasteiger partial charge in [-0.05, 0) is 173 Å². The first-order valence-corrected chi connectivity index (χ1v) is 34.1. The molecular weight excluding hydrogens is 1260 g/mol. The SMILES string of the molecule is O=C1Nc2ccccc2-c2c3nc(c4c5ccc([nH]5)c(c5nc(c(c6ccc2[nH]6)-c2ccccc2NC(=O)C2CCCN2C(=O)c2ccc(cc2)C(=O)N2CCCC2C(=O)Nc2ccccc2-4)C=C5)-c2ccccc2NC(=O)C2CCCN2C(=O)c2ccc(cc2)C(=O)N2CCCC12)C=C3. The Morgan fingerprint density at radius 3 is 0.730 bits per heavy atom. The molecule has 17 heterocycles. The fourth-order valence-corrected chi connectivity index (χ4v) is 15.7. The number of H-pyrrole nitrogens is 2. The third-order valence-electron chi connectivity index (χ3n) is 20.6. The number of nitrogens with zero attached hydrogens (tertiary/aromatic N) is 6. The average molecular weight is 1320 g/mol. The first kappa shape index (κ1) is 61.3. The standard InChI is InChI=1S/C80H66N12O8/c93-73-65-21-9-41-89(65)77(97)45-25-27-46(28-26-45)78(98)92-44-12-24-68(92)76(96)88-56-20-8-4-16-52(56)72-63-39-37-61(83-63)70-50-14-2-6-18-54(50)86-74(94)66-22-10-42-90(66)79(99)47-29-31-48(32-30-47)80(100)91-43-11-23-67(91)75(95)87-55-19-7-3-15-51(55)71(62-38-40-64(72)84-62)60-36-34-58(82-60)69(57-33-35-59(70)81-57)49-13-1-5-17-53(49)85-73/h1-8,13-20,25-40,65-68,81,84H,9-12,21-24,41-44H2,(H,85,93)(H,86,94)(H,87,95)(H,88,96). The van der Waals surface area contributed by atoms with Gasteiger partial charge in [-0.3, -0.25) is 38.4 Å². The molecule has 6 N–H and O–H groups in total. The van der Waals surface area contributed by atoms with Gasteiger partial charge in [-0.25, -0.2) is 9.97 Å². The fraction of sp³-hybridized carbons (Fsp3) is 0.200. The van der Waals surface area contributed by atoms with Gasteiger partial charge in [0.05, 0.1) is 22.8 Å². The molecule has 0 radical (unpaired) electrons. The van der Waals surface area contributed by atoms with E-state index in [0.717, 1.165) is 0 Å².